The lowest BCUT2D eigenvalue weighted by molar-refractivity contribution is 0.102. The van der Waals surface area contributed by atoms with E-state index < -0.39 is 6.04 Å². The second kappa shape index (κ2) is 7.95. The predicted molar refractivity (Wildman–Crippen MR) is 102 cm³/mol. The molecule has 6 nitrogen and oxygen atoms in total. The zero-order chi connectivity index (χ0) is 19.4. The minimum absolute atomic E-state index is 0.140. The van der Waals surface area contributed by atoms with Crippen LogP contribution in [0.2, 0.25) is 0 Å². The fourth-order valence-corrected chi connectivity index (χ4v) is 3.13. The third-order valence-electron chi connectivity index (χ3n) is 4.37. The molecule has 0 spiro atoms. The van der Waals surface area contributed by atoms with Crippen LogP contribution in [0.25, 0.3) is 0 Å². The van der Waals surface area contributed by atoms with Crippen LogP contribution in [-0.4, -0.2) is 25.5 Å². The summed E-state index contributed by atoms with van der Waals surface area (Å²) in [6.45, 7) is 4.13. The van der Waals surface area contributed by atoms with Gasteiger partial charge in [0.2, 0.25) is 0 Å². The number of carbonyl (C=O) groups is 2. The maximum atomic E-state index is 13.1. The standard InChI is InChI=1S/C21H22N2O4/c1-4-27-16-11-10-15(12-17(16)26-3)19-18(13(2)22-21(25)23-19)20(24)14-8-6-5-7-9-14/h5-12,19H,4H2,1-3H3,(H2,22,23,25)/t19-/m1/s1. The van der Waals surface area contributed by atoms with E-state index in [0.717, 1.165) is 5.56 Å². The summed E-state index contributed by atoms with van der Waals surface area (Å²) >= 11 is 0. The molecule has 140 valence electrons. The van der Waals surface area contributed by atoms with Gasteiger partial charge in [0, 0.05) is 16.8 Å². The van der Waals surface area contributed by atoms with Crippen molar-refractivity contribution in [3.05, 3.63) is 70.9 Å². The van der Waals surface area contributed by atoms with E-state index in [0.29, 0.717) is 34.9 Å². The van der Waals surface area contributed by atoms with E-state index >= 15 is 0 Å². The van der Waals surface area contributed by atoms with Gasteiger partial charge >= 0.3 is 6.03 Å². The number of carbonyl (C=O) groups excluding carboxylic acids is 2. The van der Waals surface area contributed by atoms with Gasteiger partial charge in [-0.25, -0.2) is 4.79 Å². The second-order valence-electron chi connectivity index (χ2n) is 6.11. The number of Topliss-reactive ketones (excluding diaryl/α,β-unsaturated/α-hetero) is 1. The normalized spacial score (nSPS) is 16.4. The maximum absolute atomic E-state index is 13.1. The molecule has 2 aromatic carbocycles. The third-order valence-corrected chi connectivity index (χ3v) is 4.37. The zero-order valence-corrected chi connectivity index (χ0v) is 15.5. The van der Waals surface area contributed by atoms with Crippen molar-refractivity contribution in [1.82, 2.24) is 10.6 Å². The Morgan fingerprint density at radius 1 is 1.11 bits per heavy atom. The Balaban J connectivity index is 2.05. The fraction of sp³-hybridized carbons (Fsp3) is 0.238. The molecule has 0 fully saturated rings. The van der Waals surface area contributed by atoms with Gasteiger partial charge in [-0.15, -0.1) is 0 Å². The highest BCUT2D eigenvalue weighted by molar-refractivity contribution is 6.11. The molecular weight excluding hydrogens is 344 g/mol. The number of allylic oxidation sites excluding steroid dienone is 1. The first kappa shape index (κ1) is 18.5. The molecule has 2 N–H and O–H groups in total. The number of rotatable bonds is 6. The summed E-state index contributed by atoms with van der Waals surface area (Å²) in [6.07, 6.45) is 0. The van der Waals surface area contributed by atoms with E-state index in [2.05, 4.69) is 10.6 Å². The Kier molecular flexibility index (Phi) is 5.45. The minimum Gasteiger partial charge on any atom is -0.493 e. The summed E-state index contributed by atoms with van der Waals surface area (Å²) < 4.78 is 11.0. The van der Waals surface area contributed by atoms with Crippen molar-refractivity contribution in [3.63, 3.8) is 0 Å². The first-order valence-corrected chi connectivity index (χ1v) is 8.74. The number of urea groups is 1. The highest BCUT2D eigenvalue weighted by Crippen LogP contribution is 2.35. The van der Waals surface area contributed by atoms with Crippen LogP contribution in [0.5, 0.6) is 11.5 Å². The molecule has 2 amide bonds. The van der Waals surface area contributed by atoms with Gasteiger partial charge in [-0.2, -0.15) is 0 Å². The maximum Gasteiger partial charge on any atom is 0.319 e. The summed E-state index contributed by atoms with van der Waals surface area (Å²) in [6, 6.07) is 13.5. The summed E-state index contributed by atoms with van der Waals surface area (Å²) in [5.41, 5.74) is 2.33. The Morgan fingerprint density at radius 2 is 1.85 bits per heavy atom. The molecule has 0 saturated heterocycles. The first-order valence-electron chi connectivity index (χ1n) is 8.74. The minimum atomic E-state index is -0.587. The SMILES string of the molecule is CCOc1ccc([C@H]2NC(=O)NC(C)=C2C(=O)c2ccccc2)cc1OC. The highest BCUT2D eigenvalue weighted by atomic mass is 16.5. The molecule has 0 aliphatic carbocycles. The first-order chi connectivity index (χ1) is 13.0. The average Bonchev–Trinajstić information content (AvgIpc) is 2.68. The van der Waals surface area contributed by atoms with Crippen LogP contribution in [0.1, 0.15) is 35.8 Å². The van der Waals surface area contributed by atoms with Gasteiger partial charge in [0.15, 0.2) is 17.3 Å². The van der Waals surface area contributed by atoms with Crippen LogP contribution in [0.3, 0.4) is 0 Å². The molecule has 0 aromatic heterocycles. The molecular formula is C21H22N2O4. The molecule has 1 atom stereocenters. The summed E-state index contributed by atoms with van der Waals surface area (Å²) in [4.78, 5) is 25.2. The number of benzene rings is 2. The molecule has 1 heterocycles. The molecule has 3 rings (SSSR count). The molecule has 6 heteroatoms. The Bertz CT molecular complexity index is 890. The van der Waals surface area contributed by atoms with Gasteiger partial charge in [-0.1, -0.05) is 36.4 Å². The summed E-state index contributed by atoms with van der Waals surface area (Å²) in [5.74, 6) is 1.02. The Hall–Kier alpha value is -3.28. The van der Waals surface area contributed by atoms with Crippen LogP contribution in [0.15, 0.2) is 59.8 Å². The largest absolute Gasteiger partial charge is 0.493 e. The van der Waals surface area contributed by atoms with Gasteiger partial charge in [-0.05, 0) is 31.5 Å². The average molecular weight is 366 g/mol. The number of nitrogens with one attached hydrogen (secondary N) is 2. The number of methoxy groups -OCH3 is 1. The van der Waals surface area contributed by atoms with Gasteiger partial charge in [-0.3, -0.25) is 4.79 Å². The number of hydrogen-bond acceptors (Lipinski definition) is 4. The van der Waals surface area contributed by atoms with E-state index in [1.54, 1.807) is 38.3 Å². The van der Waals surface area contributed by atoms with Crippen molar-refractivity contribution in [2.45, 2.75) is 19.9 Å². The molecule has 1 aliphatic heterocycles. The monoisotopic (exact) mass is 366 g/mol. The van der Waals surface area contributed by atoms with E-state index in [1.165, 1.54) is 0 Å². The van der Waals surface area contributed by atoms with E-state index in [1.807, 2.05) is 31.2 Å². The van der Waals surface area contributed by atoms with Crippen LogP contribution < -0.4 is 20.1 Å². The number of hydrogen-bond donors (Lipinski definition) is 2. The molecule has 0 unspecified atom stereocenters. The smallest absolute Gasteiger partial charge is 0.319 e. The lowest BCUT2D eigenvalue weighted by Gasteiger charge is -2.29. The van der Waals surface area contributed by atoms with Crippen LogP contribution in [0, 0.1) is 0 Å². The van der Waals surface area contributed by atoms with Crippen molar-refractivity contribution in [2.24, 2.45) is 0 Å². The van der Waals surface area contributed by atoms with Crippen molar-refractivity contribution < 1.29 is 19.1 Å². The predicted octanol–water partition coefficient (Wildman–Crippen LogP) is 3.60. The molecule has 2 aromatic rings. The summed E-state index contributed by atoms with van der Waals surface area (Å²) in [7, 11) is 1.56. The van der Waals surface area contributed by atoms with E-state index in [9.17, 15) is 9.59 Å². The quantitative estimate of drug-likeness (QED) is 0.766. The van der Waals surface area contributed by atoms with E-state index in [-0.39, 0.29) is 11.8 Å². The fourth-order valence-electron chi connectivity index (χ4n) is 3.13. The van der Waals surface area contributed by atoms with Gasteiger partial charge in [0.25, 0.3) is 0 Å². The molecule has 0 bridgehead atoms. The lowest BCUT2D eigenvalue weighted by atomic mass is 9.89. The Morgan fingerprint density at radius 3 is 2.52 bits per heavy atom. The number of ketones is 1. The van der Waals surface area contributed by atoms with Crippen LogP contribution in [0.4, 0.5) is 4.79 Å². The molecule has 0 saturated carbocycles. The van der Waals surface area contributed by atoms with Gasteiger partial charge < -0.3 is 20.1 Å². The third kappa shape index (κ3) is 3.79. The Labute approximate surface area is 158 Å². The van der Waals surface area contributed by atoms with Crippen LogP contribution in [-0.2, 0) is 0 Å². The van der Waals surface area contributed by atoms with Gasteiger partial charge in [0.05, 0.1) is 19.8 Å². The highest BCUT2D eigenvalue weighted by Gasteiger charge is 2.32. The van der Waals surface area contributed by atoms with Crippen molar-refractivity contribution >= 4 is 11.8 Å². The van der Waals surface area contributed by atoms with E-state index in [4.69, 9.17) is 9.47 Å². The summed E-state index contributed by atoms with van der Waals surface area (Å²) in [5, 5.41) is 5.53. The van der Waals surface area contributed by atoms with Gasteiger partial charge in [0.1, 0.15) is 0 Å². The molecule has 0 radical (unpaired) electrons. The van der Waals surface area contributed by atoms with Crippen molar-refractivity contribution in [1.29, 1.82) is 0 Å². The zero-order valence-electron chi connectivity index (χ0n) is 15.5. The number of ether oxygens (including phenoxy) is 2. The second-order valence-corrected chi connectivity index (χ2v) is 6.11. The number of amides is 2. The molecule has 27 heavy (non-hydrogen) atoms. The van der Waals surface area contributed by atoms with Crippen molar-refractivity contribution in [2.75, 3.05) is 13.7 Å². The lowest BCUT2D eigenvalue weighted by Crippen LogP contribution is -2.45. The van der Waals surface area contributed by atoms with Crippen molar-refractivity contribution in [3.8, 4) is 11.5 Å². The van der Waals surface area contributed by atoms with Crippen LogP contribution >= 0.6 is 0 Å². The topological polar surface area (TPSA) is 76.7 Å². The molecule has 1 aliphatic rings.